The number of aromatic amines is 1. The van der Waals surface area contributed by atoms with Crippen LogP contribution in [0.3, 0.4) is 0 Å². The summed E-state index contributed by atoms with van der Waals surface area (Å²) in [6.45, 7) is 7.44. The molecule has 2 aliphatic rings. The summed E-state index contributed by atoms with van der Waals surface area (Å²) in [7, 11) is 0. The van der Waals surface area contributed by atoms with Gasteiger partial charge in [-0.3, -0.25) is 14.9 Å². The number of allylic oxidation sites excluding steroid dienone is 3. The van der Waals surface area contributed by atoms with E-state index in [-0.39, 0.29) is 5.91 Å². The van der Waals surface area contributed by atoms with Gasteiger partial charge in [0.25, 0.3) is 5.91 Å². The zero-order valence-corrected chi connectivity index (χ0v) is 15.8. The first-order valence-electron chi connectivity index (χ1n) is 9.34. The van der Waals surface area contributed by atoms with Crippen molar-refractivity contribution in [2.24, 2.45) is 4.99 Å². The third-order valence-corrected chi connectivity index (χ3v) is 5.18. The largest absolute Gasteiger partial charge is 0.381 e. The summed E-state index contributed by atoms with van der Waals surface area (Å²) in [4.78, 5) is 16.3. The fourth-order valence-electron chi connectivity index (χ4n) is 3.72. The van der Waals surface area contributed by atoms with E-state index in [0.29, 0.717) is 30.5 Å². The number of H-pyrrole nitrogens is 1. The number of carbonyl (C=O) groups is 1. The molecular weight excluding hydrogens is 354 g/mol. The standard InChI is InChI=1S/C21H23N5O2/c1-3-13(6-8-22-2)15-4-5-17(20-16(15)11-23-21(20)27)24-19-10-18(25-26-19)14-7-9-28-12-14/h3-6,8,10,14H,2,7,9,11-12H2,1H3,(H,23,27)(H2,24,25,26)/b8-6-,13-3+. The van der Waals surface area contributed by atoms with Crippen molar-refractivity contribution in [1.82, 2.24) is 15.5 Å². The number of hydrogen-bond donors (Lipinski definition) is 3. The summed E-state index contributed by atoms with van der Waals surface area (Å²) in [5, 5.41) is 13.7. The molecule has 3 N–H and O–H groups in total. The molecule has 0 bridgehead atoms. The Morgan fingerprint density at radius 1 is 1.46 bits per heavy atom. The summed E-state index contributed by atoms with van der Waals surface area (Å²) in [6.07, 6.45) is 6.53. The molecule has 1 aromatic carbocycles. The molecule has 7 heteroatoms. The highest BCUT2D eigenvalue weighted by Crippen LogP contribution is 2.34. The summed E-state index contributed by atoms with van der Waals surface area (Å²) in [5.41, 5.74) is 5.43. The number of hydrogen-bond acceptors (Lipinski definition) is 5. The monoisotopic (exact) mass is 377 g/mol. The molecule has 2 aliphatic heterocycles. The fraction of sp³-hybridized carbons (Fsp3) is 0.286. The first kappa shape index (κ1) is 18.2. The van der Waals surface area contributed by atoms with Gasteiger partial charge in [-0.05, 0) is 48.9 Å². The van der Waals surface area contributed by atoms with E-state index in [1.54, 1.807) is 6.20 Å². The Balaban J connectivity index is 1.65. The van der Waals surface area contributed by atoms with Crippen molar-refractivity contribution in [2.45, 2.75) is 25.8 Å². The predicted octanol–water partition coefficient (Wildman–Crippen LogP) is 3.52. The highest BCUT2D eigenvalue weighted by molar-refractivity contribution is 6.05. The molecule has 28 heavy (non-hydrogen) atoms. The summed E-state index contributed by atoms with van der Waals surface area (Å²) in [6, 6.07) is 5.93. The minimum atomic E-state index is -0.0828. The van der Waals surface area contributed by atoms with Crippen LogP contribution < -0.4 is 10.6 Å². The second kappa shape index (κ2) is 7.82. The lowest BCUT2D eigenvalue weighted by molar-refractivity contribution is 0.0966. The minimum Gasteiger partial charge on any atom is -0.381 e. The molecule has 0 saturated carbocycles. The van der Waals surface area contributed by atoms with Crippen LogP contribution in [0.25, 0.3) is 5.57 Å². The molecule has 1 aromatic heterocycles. The number of aromatic nitrogens is 2. The van der Waals surface area contributed by atoms with E-state index >= 15 is 0 Å². The molecule has 2 aromatic rings. The number of rotatable bonds is 6. The van der Waals surface area contributed by atoms with Gasteiger partial charge in [0.15, 0.2) is 5.82 Å². The van der Waals surface area contributed by atoms with Gasteiger partial charge in [-0.1, -0.05) is 12.1 Å². The number of carbonyl (C=O) groups excluding carboxylic acids is 1. The average molecular weight is 377 g/mol. The molecule has 0 aliphatic carbocycles. The maximum absolute atomic E-state index is 12.5. The van der Waals surface area contributed by atoms with Gasteiger partial charge in [-0.2, -0.15) is 5.10 Å². The number of amides is 1. The van der Waals surface area contributed by atoms with Gasteiger partial charge in [-0.25, -0.2) is 0 Å². The molecule has 0 radical (unpaired) electrons. The van der Waals surface area contributed by atoms with Crippen molar-refractivity contribution in [2.75, 3.05) is 18.5 Å². The zero-order valence-electron chi connectivity index (χ0n) is 15.8. The van der Waals surface area contributed by atoms with Crippen LogP contribution in [-0.2, 0) is 11.3 Å². The highest BCUT2D eigenvalue weighted by Gasteiger charge is 2.27. The van der Waals surface area contributed by atoms with E-state index in [1.807, 2.05) is 37.3 Å². The molecule has 1 atom stereocenters. The Labute approximate surface area is 163 Å². The molecule has 144 valence electrons. The van der Waals surface area contributed by atoms with Crippen LogP contribution in [0.1, 0.15) is 46.4 Å². The van der Waals surface area contributed by atoms with Gasteiger partial charge in [-0.15, -0.1) is 0 Å². The van der Waals surface area contributed by atoms with Crippen LogP contribution in [0.4, 0.5) is 11.5 Å². The second-order valence-corrected chi connectivity index (χ2v) is 6.83. The zero-order chi connectivity index (χ0) is 19.5. The Morgan fingerprint density at radius 2 is 2.36 bits per heavy atom. The summed E-state index contributed by atoms with van der Waals surface area (Å²) < 4.78 is 5.45. The Hall–Kier alpha value is -3.19. The maximum atomic E-state index is 12.5. The van der Waals surface area contributed by atoms with Crippen molar-refractivity contribution in [3.63, 3.8) is 0 Å². The lowest BCUT2D eigenvalue weighted by Crippen LogP contribution is -2.13. The van der Waals surface area contributed by atoms with E-state index in [1.165, 1.54) is 0 Å². The first-order chi connectivity index (χ1) is 13.7. The van der Waals surface area contributed by atoms with Crippen molar-refractivity contribution in [3.8, 4) is 0 Å². The number of benzene rings is 1. The van der Waals surface area contributed by atoms with Crippen LogP contribution in [-0.4, -0.2) is 36.0 Å². The number of anilines is 2. The van der Waals surface area contributed by atoms with Gasteiger partial charge in [0.2, 0.25) is 0 Å². The number of nitrogens with one attached hydrogen (secondary N) is 3. The average Bonchev–Trinajstić information content (AvgIpc) is 3.45. The smallest absolute Gasteiger partial charge is 0.254 e. The molecule has 1 saturated heterocycles. The fourth-order valence-corrected chi connectivity index (χ4v) is 3.72. The first-order valence-corrected chi connectivity index (χ1v) is 9.34. The van der Waals surface area contributed by atoms with Gasteiger partial charge >= 0.3 is 0 Å². The Bertz CT molecular complexity index is 967. The third kappa shape index (κ3) is 3.36. The summed E-state index contributed by atoms with van der Waals surface area (Å²) >= 11 is 0. The number of aliphatic imine (C=N–C) groups is 1. The Morgan fingerprint density at radius 3 is 3.11 bits per heavy atom. The lowest BCUT2D eigenvalue weighted by atomic mass is 9.95. The van der Waals surface area contributed by atoms with Crippen molar-refractivity contribution in [1.29, 1.82) is 0 Å². The normalized spacial score (nSPS) is 19.1. The molecule has 0 spiro atoms. The van der Waals surface area contributed by atoms with Gasteiger partial charge in [0, 0.05) is 37.0 Å². The van der Waals surface area contributed by atoms with Gasteiger partial charge in [0.05, 0.1) is 17.9 Å². The molecule has 4 rings (SSSR count). The molecular formula is C21H23N5O2. The van der Waals surface area contributed by atoms with Crippen molar-refractivity contribution in [3.05, 3.63) is 58.9 Å². The van der Waals surface area contributed by atoms with E-state index in [4.69, 9.17) is 4.74 Å². The van der Waals surface area contributed by atoms with Crippen LogP contribution in [0.2, 0.25) is 0 Å². The van der Waals surface area contributed by atoms with E-state index in [2.05, 4.69) is 32.5 Å². The summed E-state index contributed by atoms with van der Waals surface area (Å²) in [5.74, 6) is 0.959. The van der Waals surface area contributed by atoms with E-state index in [0.717, 1.165) is 41.1 Å². The molecule has 1 unspecified atom stereocenters. The maximum Gasteiger partial charge on any atom is 0.254 e. The van der Waals surface area contributed by atoms with Gasteiger partial charge < -0.3 is 15.4 Å². The van der Waals surface area contributed by atoms with Gasteiger partial charge in [0.1, 0.15) is 0 Å². The van der Waals surface area contributed by atoms with Crippen molar-refractivity contribution < 1.29 is 9.53 Å². The SMILES string of the molecule is C=N/C=C\C(=C/C)c1ccc(Nc2cc(C3CCOC3)[nH]n2)c2c1CNC2=O. The highest BCUT2D eigenvalue weighted by atomic mass is 16.5. The van der Waals surface area contributed by atoms with Crippen molar-refractivity contribution >= 4 is 29.7 Å². The second-order valence-electron chi connectivity index (χ2n) is 6.83. The Kier molecular flexibility index (Phi) is 5.08. The van der Waals surface area contributed by atoms with Crippen LogP contribution in [0, 0.1) is 0 Å². The molecule has 7 nitrogen and oxygen atoms in total. The van der Waals surface area contributed by atoms with Crippen LogP contribution >= 0.6 is 0 Å². The number of nitrogens with zero attached hydrogens (tertiary/aromatic N) is 2. The third-order valence-electron chi connectivity index (χ3n) is 5.18. The molecule has 3 heterocycles. The predicted molar refractivity (Wildman–Crippen MR) is 110 cm³/mol. The van der Waals surface area contributed by atoms with E-state index < -0.39 is 0 Å². The topological polar surface area (TPSA) is 91.4 Å². The number of fused-ring (bicyclic) bond motifs is 1. The quantitative estimate of drug-likeness (QED) is 0.531. The van der Waals surface area contributed by atoms with Crippen LogP contribution in [0.15, 0.2) is 41.5 Å². The van der Waals surface area contributed by atoms with Crippen LogP contribution in [0.5, 0.6) is 0 Å². The molecule has 1 fully saturated rings. The molecule has 1 amide bonds. The number of ether oxygens (including phenoxy) is 1. The minimum absolute atomic E-state index is 0.0828. The lowest BCUT2D eigenvalue weighted by Gasteiger charge is -2.12. The van der Waals surface area contributed by atoms with E-state index in [9.17, 15) is 4.79 Å².